The summed E-state index contributed by atoms with van der Waals surface area (Å²) in [4.78, 5) is 13.5. The molecule has 0 saturated heterocycles. The second-order valence-corrected chi connectivity index (χ2v) is 6.79. The Balaban J connectivity index is 1.65. The Hall–Kier alpha value is -2.83. The van der Waals surface area contributed by atoms with E-state index in [2.05, 4.69) is 37.0 Å². The molecule has 0 fully saturated rings. The highest BCUT2D eigenvalue weighted by atomic mass is 15.3. The summed E-state index contributed by atoms with van der Waals surface area (Å²) >= 11 is 0. The van der Waals surface area contributed by atoms with Gasteiger partial charge in [-0.25, -0.2) is 9.97 Å². The molecule has 0 saturated carbocycles. The molecule has 3 aromatic rings. The first-order chi connectivity index (χ1) is 12.6. The quantitative estimate of drug-likeness (QED) is 0.778. The molecular weight excluding hydrogens is 326 g/mol. The number of aryl methyl sites for hydroxylation is 2. The van der Waals surface area contributed by atoms with E-state index in [1.165, 1.54) is 12.8 Å². The van der Waals surface area contributed by atoms with Crippen molar-refractivity contribution in [3.8, 4) is 11.4 Å². The lowest BCUT2D eigenvalue weighted by Gasteiger charge is -2.20. The van der Waals surface area contributed by atoms with Crippen LogP contribution in [0.1, 0.15) is 48.7 Å². The molecule has 1 unspecified atom stereocenters. The predicted octanol–water partition coefficient (Wildman–Crippen LogP) is 3.26. The molecule has 1 N–H and O–H groups in total. The van der Waals surface area contributed by atoms with E-state index in [9.17, 15) is 0 Å². The van der Waals surface area contributed by atoms with Crippen molar-refractivity contribution in [2.24, 2.45) is 0 Å². The molecule has 1 aliphatic rings. The van der Waals surface area contributed by atoms with E-state index in [4.69, 9.17) is 4.98 Å². The third-order valence-corrected chi connectivity index (χ3v) is 4.96. The van der Waals surface area contributed by atoms with Gasteiger partial charge in [0.1, 0.15) is 11.6 Å². The van der Waals surface area contributed by atoms with Crippen LogP contribution in [0.2, 0.25) is 0 Å². The molecule has 0 aliphatic carbocycles. The lowest BCUT2D eigenvalue weighted by atomic mass is 10.1. The van der Waals surface area contributed by atoms with Crippen LogP contribution >= 0.6 is 0 Å². The van der Waals surface area contributed by atoms with Gasteiger partial charge in [0, 0.05) is 42.2 Å². The maximum Gasteiger partial charge on any atom is 0.161 e. The zero-order valence-corrected chi connectivity index (χ0v) is 15.4. The summed E-state index contributed by atoms with van der Waals surface area (Å²) in [6.07, 6.45) is 6.90. The minimum absolute atomic E-state index is 0.0210. The van der Waals surface area contributed by atoms with Crippen LogP contribution < -0.4 is 5.32 Å². The zero-order valence-electron chi connectivity index (χ0n) is 15.4. The number of rotatable bonds is 4. The van der Waals surface area contributed by atoms with Gasteiger partial charge in [-0.3, -0.25) is 4.98 Å². The standard InChI is InChI=1S/C19H23N7/c1-12-13(2)21-18(15-7-9-20-10-8-15)23-17(12)22-14(3)19-25-24-16-6-4-5-11-26(16)19/h7-10,14H,4-6,11H2,1-3H3,(H,21,22,23). The molecular formula is C19H23N7. The highest BCUT2D eigenvalue weighted by Gasteiger charge is 2.21. The van der Waals surface area contributed by atoms with Gasteiger partial charge in [0.05, 0.1) is 6.04 Å². The van der Waals surface area contributed by atoms with E-state index < -0.39 is 0 Å². The van der Waals surface area contributed by atoms with Crippen LogP contribution in [0.4, 0.5) is 5.82 Å². The number of nitrogens with zero attached hydrogens (tertiary/aromatic N) is 6. The normalized spacial score (nSPS) is 14.7. The number of nitrogens with one attached hydrogen (secondary N) is 1. The molecule has 4 rings (SSSR count). The Morgan fingerprint density at radius 1 is 1.08 bits per heavy atom. The van der Waals surface area contributed by atoms with Crippen LogP contribution in [0.15, 0.2) is 24.5 Å². The van der Waals surface area contributed by atoms with Crippen molar-refractivity contribution < 1.29 is 0 Å². The van der Waals surface area contributed by atoms with Gasteiger partial charge in [-0.15, -0.1) is 10.2 Å². The average Bonchev–Trinajstić information content (AvgIpc) is 3.10. The first-order valence-corrected chi connectivity index (χ1v) is 9.07. The largest absolute Gasteiger partial charge is 0.360 e. The molecule has 1 atom stereocenters. The van der Waals surface area contributed by atoms with E-state index in [0.29, 0.717) is 5.82 Å². The number of hydrogen-bond acceptors (Lipinski definition) is 6. The van der Waals surface area contributed by atoms with Crippen LogP contribution in [0.3, 0.4) is 0 Å². The van der Waals surface area contributed by atoms with Crippen molar-refractivity contribution in [1.29, 1.82) is 0 Å². The molecule has 4 heterocycles. The molecule has 7 heteroatoms. The molecule has 0 spiro atoms. The Morgan fingerprint density at radius 3 is 2.69 bits per heavy atom. The van der Waals surface area contributed by atoms with Crippen LogP contribution in [0.5, 0.6) is 0 Å². The molecule has 134 valence electrons. The fraction of sp³-hybridized carbons (Fsp3) is 0.421. The fourth-order valence-corrected chi connectivity index (χ4v) is 3.32. The molecule has 3 aromatic heterocycles. The molecule has 0 bridgehead atoms. The van der Waals surface area contributed by atoms with Crippen molar-refractivity contribution in [2.45, 2.75) is 52.6 Å². The van der Waals surface area contributed by atoms with Crippen molar-refractivity contribution in [3.63, 3.8) is 0 Å². The molecule has 1 aliphatic heterocycles. The van der Waals surface area contributed by atoms with Crippen LogP contribution in [-0.2, 0) is 13.0 Å². The fourth-order valence-electron chi connectivity index (χ4n) is 3.32. The van der Waals surface area contributed by atoms with Crippen LogP contribution in [-0.4, -0.2) is 29.7 Å². The molecule has 26 heavy (non-hydrogen) atoms. The first kappa shape index (κ1) is 16.6. The Kier molecular flexibility index (Phi) is 4.36. The first-order valence-electron chi connectivity index (χ1n) is 9.07. The number of hydrogen-bond donors (Lipinski definition) is 1. The minimum atomic E-state index is 0.0210. The van der Waals surface area contributed by atoms with E-state index in [-0.39, 0.29) is 6.04 Å². The van der Waals surface area contributed by atoms with Gasteiger partial charge in [-0.2, -0.15) is 0 Å². The van der Waals surface area contributed by atoms with Crippen LogP contribution in [0, 0.1) is 13.8 Å². The van der Waals surface area contributed by atoms with E-state index >= 15 is 0 Å². The van der Waals surface area contributed by atoms with Gasteiger partial charge in [-0.1, -0.05) is 0 Å². The summed E-state index contributed by atoms with van der Waals surface area (Å²) in [5, 5.41) is 12.3. The molecule has 7 nitrogen and oxygen atoms in total. The third-order valence-electron chi connectivity index (χ3n) is 4.96. The maximum atomic E-state index is 4.76. The number of anilines is 1. The van der Waals surface area contributed by atoms with Crippen molar-refractivity contribution in [2.75, 3.05) is 5.32 Å². The maximum absolute atomic E-state index is 4.76. The van der Waals surface area contributed by atoms with Crippen molar-refractivity contribution >= 4 is 5.82 Å². The van der Waals surface area contributed by atoms with Gasteiger partial charge in [0.25, 0.3) is 0 Å². The van der Waals surface area contributed by atoms with Crippen LogP contribution in [0.25, 0.3) is 11.4 Å². The third kappa shape index (κ3) is 3.05. The second kappa shape index (κ2) is 6.82. The average molecular weight is 349 g/mol. The zero-order chi connectivity index (χ0) is 18.1. The lowest BCUT2D eigenvalue weighted by molar-refractivity contribution is 0.500. The van der Waals surface area contributed by atoms with E-state index in [0.717, 1.165) is 47.3 Å². The number of aromatic nitrogens is 6. The number of pyridine rings is 1. The van der Waals surface area contributed by atoms with E-state index in [1.54, 1.807) is 12.4 Å². The predicted molar refractivity (Wildman–Crippen MR) is 99.7 cm³/mol. The topological polar surface area (TPSA) is 81.4 Å². The highest BCUT2D eigenvalue weighted by Crippen LogP contribution is 2.26. The summed E-state index contributed by atoms with van der Waals surface area (Å²) in [6.45, 7) is 7.15. The monoisotopic (exact) mass is 349 g/mol. The summed E-state index contributed by atoms with van der Waals surface area (Å²) in [6, 6.07) is 3.87. The lowest BCUT2D eigenvalue weighted by Crippen LogP contribution is -2.19. The molecule has 0 aromatic carbocycles. The Bertz CT molecular complexity index is 917. The summed E-state index contributed by atoms with van der Waals surface area (Å²) in [5.41, 5.74) is 2.97. The van der Waals surface area contributed by atoms with E-state index in [1.807, 2.05) is 26.0 Å². The van der Waals surface area contributed by atoms with Gasteiger partial charge in [-0.05, 0) is 45.7 Å². The summed E-state index contributed by atoms with van der Waals surface area (Å²) < 4.78 is 2.24. The van der Waals surface area contributed by atoms with Gasteiger partial charge in [0.2, 0.25) is 0 Å². The van der Waals surface area contributed by atoms with Crippen molar-refractivity contribution in [1.82, 2.24) is 29.7 Å². The minimum Gasteiger partial charge on any atom is -0.360 e. The van der Waals surface area contributed by atoms with Gasteiger partial charge in [0.15, 0.2) is 11.6 Å². The smallest absolute Gasteiger partial charge is 0.161 e. The highest BCUT2D eigenvalue weighted by molar-refractivity contribution is 5.59. The Labute approximate surface area is 152 Å². The summed E-state index contributed by atoms with van der Waals surface area (Å²) in [5.74, 6) is 3.60. The molecule has 0 amide bonds. The molecule has 0 radical (unpaired) electrons. The van der Waals surface area contributed by atoms with Crippen molar-refractivity contribution in [3.05, 3.63) is 47.4 Å². The Morgan fingerprint density at radius 2 is 1.88 bits per heavy atom. The summed E-state index contributed by atoms with van der Waals surface area (Å²) in [7, 11) is 0. The van der Waals surface area contributed by atoms with Gasteiger partial charge >= 0.3 is 0 Å². The number of fused-ring (bicyclic) bond motifs is 1. The SMILES string of the molecule is Cc1nc(-c2ccncc2)nc(NC(C)c2nnc3n2CCCC3)c1C. The second-order valence-electron chi connectivity index (χ2n) is 6.79. The van der Waals surface area contributed by atoms with Gasteiger partial charge < -0.3 is 9.88 Å².